The molecule has 0 aliphatic rings. The average molecular weight is 689 g/mol. The van der Waals surface area contributed by atoms with Gasteiger partial charge in [0.05, 0.1) is 11.0 Å². The fourth-order valence-electron chi connectivity index (χ4n) is 7.86. The van der Waals surface area contributed by atoms with Crippen molar-refractivity contribution in [1.29, 1.82) is 0 Å². The number of hydrogen-bond donors (Lipinski definition) is 0. The molecule has 0 radical (unpaired) electrons. The summed E-state index contributed by atoms with van der Waals surface area (Å²) in [7, 11) is 0. The smallest absolute Gasteiger partial charge is 0.0541 e. The molecule has 0 saturated carbocycles. The molecule has 0 fully saturated rings. The van der Waals surface area contributed by atoms with Gasteiger partial charge in [-0.25, -0.2) is 0 Å². The summed E-state index contributed by atoms with van der Waals surface area (Å²) in [4.78, 5) is 2.34. The van der Waals surface area contributed by atoms with Crippen molar-refractivity contribution in [3.05, 3.63) is 218 Å². The minimum Gasteiger partial charge on any atom is -0.310 e. The molecule has 0 N–H and O–H groups in total. The number of fused-ring (bicyclic) bond motifs is 4. The van der Waals surface area contributed by atoms with Gasteiger partial charge in [0.15, 0.2) is 0 Å². The molecule has 9 aromatic carbocycles. The van der Waals surface area contributed by atoms with Gasteiger partial charge >= 0.3 is 0 Å². The van der Waals surface area contributed by atoms with E-state index in [1.165, 1.54) is 66.0 Å². The first-order valence-electron chi connectivity index (χ1n) is 18.5. The van der Waals surface area contributed by atoms with Crippen molar-refractivity contribution >= 4 is 49.6 Å². The predicted molar refractivity (Wildman–Crippen MR) is 229 cm³/mol. The molecule has 1 aromatic heterocycles. The van der Waals surface area contributed by atoms with Crippen molar-refractivity contribution in [2.24, 2.45) is 0 Å². The second kappa shape index (κ2) is 13.4. The molecule has 10 aromatic rings. The molecular formula is C52H36N2. The SMILES string of the molecule is c1ccc(-c2ccc(N(c3ccc(-c4ccc(-c5ccc(-n6c7ccccc7c7ccccc76)cc5)cc4)cc3)c3ccc4ccccc4c3)cc2)cc1. The van der Waals surface area contributed by atoms with Crippen LogP contribution in [0.5, 0.6) is 0 Å². The van der Waals surface area contributed by atoms with Crippen molar-refractivity contribution in [3.63, 3.8) is 0 Å². The van der Waals surface area contributed by atoms with Gasteiger partial charge < -0.3 is 9.47 Å². The molecule has 10 rings (SSSR count). The van der Waals surface area contributed by atoms with Crippen LogP contribution in [0.1, 0.15) is 0 Å². The number of anilines is 3. The molecule has 0 spiro atoms. The quantitative estimate of drug-likeness (QED) is 0.162. The number of hydrogen-bond acceptors (Lipinski definition) is 1. The van der Waals surface area contributed by atoms with Crippen molar-refractivity contribution in [2.75, 3.05) is 4.90 Å². The Kier molecular flexibility index (Phi) is 7.85. The van der Waals surface area contributed by atoms with E-state index in [2.05, 4.69) is 228 Å². The van der Waals surface area contributed by atoms with Crippen LogP contribution in [-0.4, -0.2) is 4.57 Å². The first-order chi connectivity index (χ1) is 26.8. The van der Waals surface area contributed by atoms with E-state index in [9.17, 15) is 0 Å². The number of aromatic nitrogens is 1. The monoisotopic (exact) mass is 688 g/mol. The molecule has 0 atom stereocenters. The molecule has 254 valence electrons. The highest BCUT2D eigenvalue weighted by atomic mass is 15.1. The lowest BCUT2D eigenvalue weighted by atomic mass is 9.99. The van der Waals surface area contributed by atoms with Crippen LogP contribution in [0.15, 0.2) is 218 Å². The molecule has 0 aliphatic carbocycles. The van der Waals surface area contributed by atoms with E-state index in [1.54, 1.807) is 0 Å². The molecule has 0 saturated heterocycles. The first-order valence-corrected chi connectivity index (χ1v) is 18.5. The molecule has 0 unspecified atom stereocenters. The molecule has 0 aliphatic heterocycles. The Labute approximate surface area is 315 Å². The van der Waals surface area contributed by atoms with E-state index in [-0.39, 0.29) is 0 Å². The van der Waals surface area contributed by atoms with E-state index in [0.717, 1.165) is 22.7 Å². The topological polar surface area (TPSA) is 8.17 Å². The Bertz CT molecular complexity index is 2830. The summed E-state index contributed by atoms with van der Waals surface area (Å²) in [6, 6.07) is 78.8. The van der Waals surface area contributed by atoms with Gasteiger partial charge in [-0.3, -0.25) is 0 Å². The lowest BCUT2D eigenvalue weighted by Crippen LogP contribution is -2.09. The Balaban J connectivity index is 0.938. The fraction of sp³-hybridized carbons (Fsp3) is 0. The largest absolute Gasteiger partial charge is 0.310 e. The van der Waals surface area contributed by atoms with E-state index in [0.29, 0.717) is 0 Å². The van der Waals surface area contributed by atoms with Crippen LogP contribution >= 0.6 is 0 Å². The minimum absolute atomic E-state index is 1.11. The Hall–Kier alpha value is -7.16. The Morgan fingerprint density at radius 3 is 1.20 bits per heavy atom. The van der Waals surface area contributed by atoms with E-state index in [1.807, 2.05) is 0 Å². The molecule has 2 heteroatoms. The van der Waals surface area contributed by atoms with Crippen LogP contribution in [0, 0.1) is 0 Å². The van der Waals surface area contributed by atoms with Crippen molar-refractivity contribution in [2.45, 2.75) is 0 Å². The summed E-state index contributed by atoms with van der Waals surface area (Å²) < 4.78 is 2.36. The normalized spacial score (nSPS) is 11.3. The zero-order valence-corrected chi connectivity index (χ0v) is 29.7. The molecule has 54 heavy (non-hydrogen) atoms. The Morgan fingerprint density at radius 1 is 0.278 bits per heavy atom. The third-order valence-electron chi connectivity index (χ3n) is 10.6. The van der Waals surface area contributed by atoms with Gasteiger partial charge in [0, 0.05) is 33.5 Å². The van der Waals surface area contributed by atoms with Crippen molar-refractivity contribution < 1.29 is 0 Å². The third kappa shape index (κ3) is 5.71. The van der Waals surface area contributed by atoms with Crippen LogP contribution in [-0.2, 0) is 0 Å². The summed E-state index contributed by atoms with van der Waals surface area (Å²) in [5.41, 5.74) is 14.2. The van der Waals surface area contributed by atoms with E-state index >= 15 is 0 Å². The second-order valence-corrected chi connectivity index (χ2v) is 13.8. The highest BCUT2D eigenvalue weighted by Crippen LogP contribution is 2.38. The molecular weight excluding hydrogens is 653 g/mol. The van der Waals surface area contributed by atoms with Crippen LogP contribution < -0.4 is 4.90 Å². The van der Waals surface area contributed by atoms with Gasteiger partial charge in [0.1, 0.15) is 0 Å². The summed E-state index contributed by atoms with van der Waals surface area (Å²) in [6.07, 6.45) is 0. The zero-order valence-electron chi connectivity index (χ0n) is 29.7. The maximum absolute atomic E-state index is 2.36. The van der Waals surface area contributed by atoms with Crippen LogP contribution in [0.3, 0.4) is 0 Å². The summed E-state index contributed by atoms with van der Waals surface area (Å²) in [6.45, 7) is 0. The molecule has 2 nitrogen and oxygen atoms in total. The Morgan fingerprint density at radius 2 is 0.667 bits per heavy atom. The highest BCUT2D eigenvalue weighted by Gasteiger charge is 2.15. The lowest BCUT2D eigenvalue weighted by molar-refractivity contribution is 1.18. The first kappa shape index (κ1) is 31.6. The van der Waals surface area contributed by atoms with Crippen LogP contribution in [0.25, 0.3) is 71.6 Å². The van der Waals surface area contributed by atoms with Gasteiger partial charge in [0.25, 0.3) is 0 Å². The van der Waals surface area contributed by atoms with Gasteiger partial charge in [0.2, 0.25) is 0 Å². The van der Waals surface area contributed by atoms with Crippen molar-refractivity contribution in [3.8, 4) is 39.1 Å². The maximum atomic E-state index is 2.36. The molecule has 0 bridgehead atoms. The van der Waals surface area contributed by atoms with E-state index in [4.69, 9.17) is 0 Å². The molecule has 1 heterocycles. The number of rotatable bonds is 7. The number of benzene rings is 9. The van der Waals surface area contributed by atoms with Crippen LogP contribution in [0.4, 0.5) is 17.1 Å². The predicted octanol–water partition coefficient (Wildman–Crippen LogP) is 14.4. The summed E-state index contributed by atoms with van der Waals surface area (Å²) >= 11 is 0. The second-order valence-electron chi connectivity index (χ2n) is 13.8. The number of para-hydroxylation sites is 2. The average Bonchev–Trinajstić information content (AvgIpc) is 3.59. The zero-order chi connectivity index (χ0) is 35.8. The van der Waals surface area contributed by atoms with Crippen molar-refractivity contribution in [1.82, 2.24) is 4.57 Å². The van der Waals surface area contributed by atoms with Gasteiger partial charge in [-0.2, -0.15) is 0 Å². The lowest BCUT2D eigenvalue weighted by Gasteiger charge is -2.26. The minimum atomic E-state index is 1.11. The summed E-state index contributed by atoms with van der Waals surface area (Å²) in [5, 5.41) is 5.01. The van der Waals surface area contributed by atoms with Gasteiger partial charge in [-0.15, -0.1) is 0 Å². The summed E-state index contributed by atoms with van der Waals surface area (Å²) in [5.74, 6) is 0. The highest BCUT2D eigenvalue weighted by molar-refractivity contribution is 6.09. The standard InChI is InChI=1S/C52H36N2/c1-2-10-37(11-3-1)41-22-29-45(30-23-41)53(48-35-28-38-12-4-5-13-44(38)36-48)46-31-24-42(25-32-46)39-18-20-40(21-19-39)43-26-33-47(34-27-43)54-51-16-8-6-14-49(51)50-15-7-9-17-52(50)54/h1-36H. The van der Waals surface area contributed by atoms with Gasteiger partial charge in [-0.05, 0) is 105 Å². The maximum Gasteiger partial charge on any atom is 0.0541 e. The van der Waals surface area contributed by atoms with Crippen LogP contribution in [0.2, 0.25) is 0 Å². The third-order valence-corrected chi connectivity index (χ3v) is 10.6. The fourth-order valence-corrected chi connectivity index (χ4v) is 7.86. The number of nitrogens with zero attached hydrogens (tertiary/aromatic N) is 2. The molecule has 0 amide bonds. The van der Waals surface area contributed by atoms with Gasteiger partial charge in [-0.1, -0.05) is 158 Å². The van der Waals surface area contributed by atoms with E-state index < -0.39 is 0 Å².